The Balaban J connectivity index is 1.89. The highest BCUT2D eigenvalue weighted by molar-refractivity contribution is 9.10. The quantitative estimate of drug-likeness (QED) is 0.919. The fourth-order valence-electron chi connectivity index (χ4n) is 1.93. The van der Waals surface area contributed by atoms with Crippen LogP contribution in [0, 0.1) is 0 Å². The van der Waals surface area contributed by atoms with E-state index in [4.69, 9.17) is 11.6 Å². The molecule has 1 aromatic carbocycles. The fraction of sp³-hybridized carbons (Fsp3) is 0.500. The van der Waals surface area contributed by atoms with Gasteiger partial charge in [-0.15, -0.1) is 0 Å². The molecule has 2 rings (SSSR count). The summed E-state index contributed by atoms with van der Waals surface area (Å²) in [6, 6.07) is 6.30. The summed E-state index contributed by atoms with van der Waals surface area (Å²) >= 11 is 9.49. The predicted molar refractivity (Wildman–Crippen MR) is 76.9 cm³/mol. The SMILES string of the molecule is O=S1CCC(NCc2cc(Cl)ccc2Br)CC1. The maximum Gasteiger partial charge on any atom is 0.0410 e. The molecule has 1 heterocycles. The second-order valence-corrected chi connectivity index (χ2v) is 7.23. The lowest BCUT2D eigenvalue weighted by atomic mass is 10.1. The number of benzene rings is 1. The summed E-state index contributed by atoms with van der Waals surface area (Å²) < 4.78 is 12.3. The van der Waals surface area contributed by atoms with Gasteiger partial charge in [0.25, 0.3) is 0 Å². The molecule has 2 nitrogen and oxygen atoms in total. The van der Waals surface area contributed by atoms with Crippen LogP contribution in [0.5, 0.6) is 0 Å². The zero-order valence-electron chi connectivity index (χ0n) is 9.42. The summed E-state index contributed by atoms with van der Waals surface area (Å²) in [7, 11) is -0.587. The van der Waals surface area contributed by atoms with E-state index in [9.17, 15) is 4.21 Å². The summed E-state index contributed by atoms with van der Waals surface area (Å²) in [5.74, 6) is 1.66. The highest BCUT2D eigenvalue weighted by atomic mass is 79.9. The van der Waals surface area contributed by atoms with E-state index < -0.39 is 10.8 Å². The molecule has 5 heteroatoms. The van der Waals surface area contributed by atoms with E-state index in [0.717, 1.165) is 40.4 Å². The van der Waals surface area contributed by atoms with Gasteiger partial charge in [-0.1, -0.05) is 27.5 Å². The minimum atomic E-state index is -0.587. The van der Waals surface area contributed by atoms with Crippen molar-refractivity contribution >= 4 is 38.3 Å². The molecule has 0 aromatic heterocycles. The Morgan fingerprint density at radius 2 is 2.12 bits per heavy atom. The molecule has 1 aliphatic heterocycles. The van der Waals surface area contributed by atoms with Gasteiger partial charge in [0.2, 0.25) is 0 Å². The third kappa shape index (κ3) is 4.05. The van der Waals surface area contributed by atoms with Crippen molar-refractivity contribution in [2.45, 2.75) is 25.4 Å². The van der Waals surface area contributed by atoms with Gasteiger partial charge in [-0.05, 0) is 36.6 Å². The summed E-state index contributed by atoms with van der Waals surface area (Å²) in [5, 5.41) is 4.26. The van der Waals surface area contributed by atoms with E-state index in [1.807, 2.05) is 18.2 Å². The number of halogens is 2. The van der Waals surface area contributed by atoms with Crippen LogP contribution in [0.25, 0.3) is 0 Å². The highest BCUT2D eigenvalue weighted by Crippen LogP contribution is 2.21. The average Bonchev–Trinajstić information content (AvgIpc) is 2.32. The third-order valence-electron chi connectivity index (χ3n) is 2.98. The number of hydrogen-bond donors (Lipinski definition) is 1. The molecule has 94 valence electrons. The Kier molecular flexibility index (Phi) is 5.03. The minimum absolute atomic E-state index is 0.485. The van der Waals surface area contributed by atoms with Crippen LogP contribution in [-0.4, -0.2) is 21.8 Å². The van der Waals surface area contributed by atoms with Gasteiger partial charge < -0.3 is 5.32 Å². The Bertz CT molecular complexity index is 417. The van der Waals surface area contributed by atoms with E-state index >= 15 is 0 Å². The monoisotopic (exact) mass is 335 g/mol. The molecule has 0 unspecified atom stereocenters. The van der Waals surface area contributed by atoms with Crippen molar-refractivity contribution in [2.24, 2.45) is 0 Å². The van der Waals surface area contributed by atoms with Crippen molar-refractivity contribution in [3.05, 3.63) is 33.3 Å². The zero-order chi connectivity index (χ0) is 12.3. The fourth-order valence-corrected chi connectivity index (χ4v) is 3.81. The first-order valence-corrected chi connectivity index (χ1v) is 8.33. The topological polar surface area (TPSA) is 29.1 Å². The van der Waals surface area contributed by atoms with Crippen LogP contribution in [0.4, 0.5) is 0 Å². The first-order valence-electron chi connectivity index (χ1n) is 5.67. The van der Waals surface area contributed by atoms with Crippen molar-refractivity contribution in [3.8, 4) is 0 Å². The summed E-state index contributed by atoms with van der Waals surface area (Å²) in [6.45, 7) is 0.804. The smallest absolute Gasteiger partial charge is 0.0410 e. The lowest BCUT2D eigenvalue weighted by molar-refractivity contribution is 0.475. The van der Waals surface area contributed by atoms with Gasteiger partial charge >= 0.3 is 0 Å². The molecule has 0 amide bonds. The first kappa shape index (κ1) is 13.5. The molecule has 0 spiro atoms. The molecule has 17 heavy (non-hydrogen) atoms. The normalized spacial score (nSPS) is 24.8. The third-order valence-corrected chi connectivity index (χ3v) is 5.37. The van der Waals surface area contributed by atoms with Crippen molar-refractivity contribution in [2.75, 3.05) is 11.5 Å². The van der Waals surface area contributed by atoms with E-state index in [2.05, 4.69) is 21.2 Å². The number of rotatable bonds is 3. The Hall–Kier alpha value is 0.1000. The van der Waals surface area contributed by atoms with Crippen LogP contribution >= 0.6 is 27.5 Å². The van der Waals surface area contributed by atoms with Crippen LogP contribution in [0.1, 0.15) is 18.4 Å². The molecule has 1 N–H and O–H groups in total. The lowest BCUT2D eigenvalue weighted by Gasteiger charge is -2.22. The van der Waals surface area contributed by atoms with Crippen LogP contribution < -0.4 is 5.32 Å². The summed E-state index contributed by atoms with van der Waals surface area (Å²) in [6.07, 6.45) is 2.01. The molecule has 0 aliphatic carbocycles. The van der Waals surface area contributed by atoms with Gasteiger partial charge in [0.05, 0.1) is 0 Å². The molecular formula is C12H15BrClNOS. The molecule has 0 atom stereocenters. The van der Waals surface area contributed by atoms with Crippen molar-refractivity contribution in [1.82, 2.24) is 5.32 Å². The maximum atomic E-state index is 11.2. The van der Waals surface area contributed by atoms with Crippen LogP contribution in [0.15, 0.2) is 22.7 Å². The second-order valence-electron chi connectivity index (χ2n) is 4.24. The Morgan fingerprint density at radius 1 is 1.41 bits per heavy atom. The number of nitrogens with one attached hydrogen (secondary N) is 1. The predicted octanol–water partition coefficient (Wildman–Crippen LogP) is 3.10. The van der Waals surface area contributed by atoms with Gasteiger partial charge in [0.1, 0.15) is 0 Å². The van der Waals surface area contributed by atoms with Gasteiger partial charge in [-0.25, -0.2) is 0 Å². The second kappa shape index (κ2) is 6.32. The van der Waals surface area contributed by atoms with E-state index in [0.29, 0.717) is 6.04 Å². The summed E-state index contributed by atoms with van der Waals surface area (Å²) in [4.78, 5) is 0. The highest BCUT2D eigenvalue weighted by Gasteiger charge is 2.17. The van der Waals surface area contributed by atoms with E-state index in [1.54, 1.807) is 0 Å². The van der Waals surface area contributed by atoms with Gasteiger partial charge in [-0.2, -0.15) is 0 Å². The molecule has 1 saturated heterocycles. The van der Waals surface area contributed by atoms with Crippen molar-refractivity contribution in [1.29, 1.82) is 0 Å². The van der Waals surface area contributed by atoms with Crippen LogP contribution in [0.2, 0.25) is 5.02 Å². The molecule has 1 aromatic rings. The molecular weight excluding hydrogens is 322 g/mol. The van der Waals surface area contributed by atoms with Gasteiger partial charge in [-0.3, -0.25) is 4.21 Å². The van der Waals surface area contributed by atoms with Crippen LogP contribution in [-0.2, 0) is 17.3 Å². The Labute approximate surface area is 118 Å². The molecule has 0 saturated carbocycles. The van der Waals surface area contributed by atoms with E-state index in [-0.39, 0.29) is 0 Å². The molecule has 1 fully saturated rings. The molecule has 1 aliphatic rings. The standard InChI is InChI=1S/C12H15BrClNOS/c13-12-2-1-10(14)7-9(12)8-15-11-3-5-17(16)6-4-11/h1-2,7,11,15H,3-6,8H2. The van der Waals surface area contributed by atoms with Crippen LogP contribution in [0.3, 0.4) is 0 Å². The molecule has 0 radical (unpaired) electrons. The Morgan fingerprint density at radius 3 is 2.82 bits per heavy atom. The van der Waals surface area contributed by atoms with Gasteiger partial charge in [0.15, 0.2) is 0 Å². The van der Waals surface area contributed by atoms with Crippen molar-refractivity contribution < 1.29 is 4.21 Å². The minimum Gasteiger partial charge on any atom is -0.310 e. The van der Waals surface area contributed by atoms with Gasteiger partial charge in [0, 0.05) is 44.4 Å². The largest absolute Gasteiger partial charge is 0.310 e. The lowest BCUT2D eigenvalue weighted by Crippen LogP contribution is -2.35. The zero-order valence-corrected chi connectivity index (χ0v) is 12.6. The number of hydrogen-bond acceptors (Lipinski definition) is 2. The average molecular weight is 337 g/mol. The first-order chi connectivity index (χ1) is 8.15. The van der Waals surface area contributed by atoms with E-state index in [1.165, 1.54) is 5.56 Å². The summed E-state index contributed by atoms with van der Waals surface area (Å²) in [5.41, 5.74) is 1.17. The molecule has 0 bridgehead atoms. The van der Waals surface area contributed by atoms with Crippen molar-refractivity contribution in [3.63, 3.8) is 0 Å². The maximum absolute atomic E-state index is 11.2.